The molecule has 0 unspecified atom stereocenters. The number of carbonyl (C=O) groups excluding carboxylic acids is 1. The molecule has 6 heteroatoms. The van der Waals surface area contributed by atoms with Crippen molar-refractivity contribution in [2.75, 3.05) is 18.5 Å². The lowest BCUT2D eigenvalue weighted by Crippen LogP contribution is -2.20. The number of pyridine rings is 1. The van der Waals surface area contributed by atoms with Gasteiger partial charge in [0.15, 0.2) is 18.1 Å². The summed E-state index contributed by atoms with van der Waals surface area (Å²) in [6.45, 7) is 2.09. The Labute approximate surface area is 151 Å². The summed E-state index contributed by atoms with van der Waals surface area (Å²) < 4.78 is 11.0. The van der Waals surface area contributed by atoms with Crippen LogP contribution >= 0.6 is 0 Å². The SMILES string of the molecule is CCOc1cc(C#N)ccc1OCC(=O)Nc1cccc2ncccc12. The number of rotatable bonds is 6. The average molecular weight is 347 g/mol. The van der Waals surface area contributed by atoms with Crippen LogP contribution in [-0.2, 0) is 4.79 Å². The standard InChI is InChI=1S/C20H17N3O3/c1-2-25-19-11-14(12-21)8-9-18(19)26-13-20(24)23-17-7-3-6-16-15(17)5-4-10-22-16/h3-11H,2,13H2,1H3,(H,23,24). The molecule has 0 fully saturated rings. The molecule has 1 heterocycles. The van der Waals surface area contributed by atoms with E-state index in [0.717, 1.165) is 10.9 Å². The average Bonchev–Trinajstić information content (AvgIpc) is 2.67. The van der Waals surface area contributed by atoms with Crippen LogP contribution in [0.25, 0.3) is 10.9 Å². The topological polar surface area (TPSA) is 84.2 Å². The minimum absolute atomic E-state index is 0.178. The van der Waals surface area contributed by atoms with Gasteiger partial charge >= 0.3 is 0 Å². The summed E-state index contributed by atoms with van der Waals surface area (Å²) >= 11 is 0. The number of aromatic nitrogens is 1. The second-order valence-electron chi connectivity index (χ2n) is 5.42. The Balaban J connectivity index is 1.70. The van der Waals surface area contributed by atoms with E-state index in [1.807, 2.05) is 43.3 Å². The maximum Gasteiger partial charge on any atom is 0.262 e. The molecule has 0 bridgehead atoms. The third-order valence-corrected chi connectivity index (χ3v) is 3.65. The zero-order valence-electron chi connectivity index (χ0n) is 14.2. The van der Waals surface area contributed by atoms with Gasteiger partial charge in [-0.05, 0) is 43.3 Å². The van der Waals surface area contributed by atoms with Crippen molar-refractivity contribution < 1.29 is 14.3 Å². The molecule has 0 saturated carbocycles. The number of hydrogen-bond acceptors (Lipinski definition) is 5. The Bertz CT molecular complexity index is 974. The van der Waals surface area contributed by atoms with Crippen LogP contribution in [0, 0.1) is 11.3 Å². The molecule has 6 nitrogen and oxygen atoms in total. The van der Waals surface area contributed by atoms with Gasteiger partial charge in [-0.1, -0.05) is 6.07 Å². The molecule has 26 heavy (non-hydrogen) atoms. The first-order chi connectivity index (χ1) is 12.7. The number of nitrogens with one attached hydrogen (secondary N) is 1. The van der Waals surface area contributed by atoms with Gasteiger partial charge in [0, 0.05) is 17.6 Å². The van der Waals surface area contributed by atoms with Crippen molar-refractivity contribution >= 4 is 22.5 Å². The molecule has 130 valence electrons. The summed E-state index contributed by atoms with van der Waals surface area (Å²) in [5, 5.41) is 12.7. The number of anilines is 1. The van der Waals surface area contributed by atoms with Crippen LogP contribution in [0.15, 0.2) is 54.7 Å². The quantitative estimate of drug-likeness (QED) is 0.737. The van der Waals surface area contributed by atoms with Crippen molar-refractivity contribution in [3.05, 3.63) is 60.3 Å². The highest BCUT2D eigenvalue weighted by Crippen LogP contribution is 2.28. The molecular weight excluding hydrogens is 330 g/mol. The van der Waals surface area contributed by atoms with Gasteiger partial charge in [-0.2, -0.15) is 5.26 Å². The van der Waals surface area contributed by atoms with Gasteiger partial charge in [0.25, 0.3) is 5.91 Å². The van der Waals surface area contributed by atoms with E-state index in [0.29, 0.717) is 29.4 Å². The fourth-order valence-electron chi connectivity index (χ4n) is 2.51. The molecule has 0 radical (unpaired) electrons. The van der Waals surface area contributed by atoms with Crippen molar-refractivity contribution in [2.24, 2.45) is 0 Å². The molecule has 1 amide bonds. The largest absolute Gasteiger partial charge is 0.490 e. The second kappa shape index (κ2) is 7.99. The minimum Gasteiger partial charge on any atom is -0.490 e. The lowest BCUT2D eigenvalue weighted by Gasteiger charge is -2.12. The third kappa shape index (κ3) is 3.90. The van der Waals surface area contributed by atoms with Gasteiger partial charge in [-0.25, -0.2) is 0 Å². The van der Waals surface area contributed by atoms with E-state index < -0.39 is 0 Å². The number of hydrogen-bond donors (Lipinski definition) is 1. The van der Waals surface area contributed by atoms with E-state index >= 15 is 0 Å². The Kier molecular flexibility index (Phi) is 5.30. The maximum atomic E-state index is 12.3. The highest BCUT2D eigenvalue weighted by Gasteiger charge is 2.11. The van der Waals surface area contributed by atoms with Crippen LogP contribution in [0.3, 0.4) is 0 Å². The number of nitrogens with zero attached hydrogens (tertiary/aromatic N) is 2. The number of carbonyl (C=O) groups is 1. The molecule has 0 saturated heterocycles. The molecule has 3 rings (SSSR count). The van der Waals surface area contributed by atoms with Crippen molar-refractivity contribution in [3.8, 4) is 17.6 Å². The Morgan fingerprint density at radius 3 is 2.85 bits per heavy atom. The monoisotopic (exact) mass is 347 g/mol. The minimum atomic E-state index is -0.298. The van der Waals surface area contributed by atoms with Crippen LogP contribution in [-0.4, -0.2) is 24.1 Å². The summed E-state index contributed by atoms with van der Waals surface area (Å²) in [6.07, 6.45) is 1.71. The predicted molar refractivity (Wildman–Crippen MR) is 98.2 cm³/mol. The van der Waals surface area contributed by atoms with Crippen molar-refractivity contribution in [3.63, 3.8) is 0 Å². The molecule has 2 aromatic carbocycles. The number of benzene rings is 2. The Morgan fingerprint density at radius 1 is 1.15 bits per heavy atom. The smallest absolute Gasteiger partial charge is 0.262 e. The van der Waals surface area contributed by atoms with Crippen LogP contribution in [0.2, 0.25) is 0 Å². The third-order valence-electron chi connectivity index (χ3n) is 3.65. The van der Waals surface area contributed by atoms with Crippen molar-refractivity contribution in [2.45, 2.75) is 6.92 Å². The van der Waals surface area contributed by atoms with Crippen LogP contribution < -0.4 is 14.8 Å². The summed E-state index contributed by atoms with van der Waals surface area (Å²) in [4.78, 5) is 16.5. The number of nitriles is 1. The van der Waals surface area contributed by atoms with Gasteiger partial charge in [0.1, 0.15) is 0 Å². The summed E-state index contributed by atoms with van der Waals surface area (Å²) in [6, 6.07) is 16.1. The molecule has 0 aliphatic rings. The number of fused-ring (bicyclic) bond motifs is 1. The maximum absolute atomic E-state index is 12.3. The highest BCUT2D eigenvalue weighted by molar-refractivity contribution is 6.01. The molecular formula is C20H17N3O3. The Hall–Kier alpha value is -3.59. The van der Waals surface area contributed by atoms with Gasteiger partial charge in [-0.15, -0.1) is 0 Å². The molecule has 0 spiro atoms. The lowest BCUT2D eigenvalue weighted by atomic mass is 10.2. The predicted octanol–water partition coefficient (Wildman–Crippen LogP) is 3.52. The van der Waals surface area contributed by atoms with Gasteiger partial charge in [-0.3, -0.25) is 9.78 Å². The molecule has 0 atom stereocenters. The van der Waals surface area contributed by atoms with E-state index in [2.05, 4.69) is 10.3 Å². The first-order valence-corrected chi connectivity index (χ1v) is 8.14. The van der Waals surface area contributed by atoms with E-state index in [1.165, 1.54) is 0 Å². The number of ether oxygens (including phenoxy) is 2. The van der Waals surface area contributed by atoms with Gasteiger partial charge in [0.05, 0.1) is 29.4 Å². The molecule has 0 aliphatic heterocycles. The van der Waals surface area contributed by atoms with Crippen LogP contribution in [0.1, 0.15) is 12.5 Å². The fraction of sp³-hybridized carbons (Fsp3) is 0.150. The van der Waals surface area contributed by atoms with Crippen molar-refractivity contribution in [1.29, 1.82) is 5.26 Å². The fourth-order valence-corrected chi connectivity index (χ4v) is 2.51. The lowest BCUT2D eigenvalue weighted by molar-refractivity contribution is -0.118. The summed E-state index contributed by atoms with van der Waals surface area (Å²) in [7, 11) is 0. The summed E-state index contributed by atoms with van der Waals surface area (Å²) in [5.41, 5.74) is 1.94. The van der Waals surface area contributed by atoms with E-state index in [1.54, 1.807) is 24.4 Å². The van der Waals surface area contributed by atoms with Crippen LogP contribution in [0.4, 0.5) is 5.69 Å². The Morgan fingerprint density at radius 2 is 2.04 bits per heavy atom. The number of amides is 1. The van der Waals surface area contributed by atoms with E-state index in [9.17, 15) is 4.79 Å². The first kappa shape index (κ1) is 17.2. The molecule has 1 aromatic heterocycles. The van der Waals surface area contributed by atoms with E-state index in [-0.39, 0.29) is 12.5 Å². The summed E-state index contributed by atoms with van der Waals surface area (Å²) in [5.74, 6) is 0.558. The zero-order valence-corrected chi connectivity index (χ0v) is 14.2. The van der Waals surface area contributed by atoms with Gasteiger partial charge in [0.2, 0.25) is 0 Å². The zero-order chi connectivity index (χ0) is 18.4. The second-order valence-corrected chi connectivity index (χ2v) is 5.42. The highest BCUT2D eigenvalue weighted by atomic mass is 16.5. The first-order valence-electron chi connectivity index (χ1n) is 8.14. The van der Waals surface area contributed by atoms with Crippen LogP contribution in [0.5, 0.6) is 11.5 Å². The molecule has 0 aliphatic carbocycles. The molecule has 1 N–H and O–H groups in total. The normalized spacial score (nSPS) is 10.2. The van der Waals surface area contributed by atoms with E-state index in [4.69, 9.17) is 14.7 Å². The van der Waals surface area contributed by atoms with Crippen molar-refractivity contribution in [1.82, 2.24) is 4.98 Å². The van der Waals surface area contributed by atoms with Gasteiger partial charge < -0.3 is 14.8 Å². The molecule has 3 aromatic rings.